The minimum Gasteiger partial charge on any atom is -0.349 e. The van der Waals surface area contributed by atoms with Gasteiger partial charge in [0, 0.05) is 6.20 Å². The van der Waals surface area contributed by atoms with Crippen LogP contribution in [0.4, 0.5) is 20.2 Å². The zero-order valence-corrected chi connectivity index (χ0v) is 7.74. The molecule has 2 nitrogen and oxygen atoms in total. The van der Waals surface area contributed by atoms with Crippen molar-refractivity contribution in [3.63, 3.8) is 0 Å². The number of para-hydroxylation sites is 1. The second-order valence-corrected chi connectivity index (χ2v) is 2.96. The summed E-state index contributed by atoms with van der Waals surface area (Å²) in [6.45, 7) is 0. The van der Waals surface area contributed by atoms with Crippen LogP contribution in [0.5, 0.6) is 0 Å². The Balaban J connectivity index is 2.32. The van der Waals surface area contributed by atoms with Crippen molar-refractivity contribution in [3.05, 3.63) is 54.4 Å². The van der Waals surface area contributed by atoms with E-state index in [9.17, 15) is 8.78 Å². The number of aromatic nitrogens is 1. The van der Waals surface area contributed by atoms with Crippen LogP contribution in [0.3, 0.4) is 0 Å². The molecule has 0 aliphatic carbocycles. The number of anilines is 2. The fourth-order valence-corrected chi connectivity index (χ4v) is 1.20. The second-order valence-electron chi connectivity index (χ2n) is 2.96. The van der Waals surface area contributed by atoms with Crippen LogP contribution in [-0.2, 0) is 0 Å². The highest BCUT2D eigenvalue weighted by molar-refractivity contribution is 5.59. The predicted octanol–water partition coefficient (Wildman–Crippen LogP) is 3.10. The summed E-state index contributed by atoms with van der Waals surface area (Å²) in [6, 6.07) is 7.07. The molecule has 0 saturated heterocycles. The van der Waals surface area contributed by atoms with Crippen LogP contribution in [-0.4, -0.2) is 4.98 Å². The van der Waals surface area contributed by atoms with Gasteiger partial charge in [0.1, 0.15) is 17.3 Å². The molecule has 0 unspecified atom stereocenters. The van der Waals surface area contributed by atoms with Gasteiger partial charge in [0.2, 0.25) is 0 Å². The maximum atomic E-state index is 13.2. The molecule has 1 aromatic heterocycles. The van der Waals surface area contributed by atoms with E-state index in [0.717, 1.165) is 0 Å². The van der Waals surface area contributed by atoms with Crippen molar-refractivity contribution in [1.82, 2.24) is 4.98 Å². The monoisotopic (exact) mass is 206 g/mol. The third-order valence-corrected chi connectivity index (χ3v) is 1.89. The maximum Gasteiger partial charge on any atom is 0.149 e. The standard InChI is InChI=1S/C11H8F2N2/c12-9-4-1-5-10(13)11(9)15-8-3-2-6-14-7-8/h1-7,15H. The highest BCUT2D eigenvalue weighted by Crippen LogP contribution is 2.22. The van der Waals surface area contributed by atoms with Gasteiger partial charge in [0.25, 0.3) is 0 Å². The minimum absolute atomic E-state index is 0.162. The Labute approximate surface area is 85.6 Å². The smallest absolute Gasteiger partial charge is 0.149 e. The van der Waals surface area contributed by atoms with Crippen molar-refractivity contribution < 1.29 is 8.78 Å². The van der Waals surface area contributed by atoms with Crippen LogP contribution in [0.15, 0.2) is 42.7 Å². The van der Waals surface area contributed by atoms with Crippen molar-refractivity contribution in [3.8, 4) is 0 Å². The van der Waals surface area contributed by atoms with E-state index in [-0.39, 0.29) is 5.69 Å². The summed E-state index contributed by atoms with van der Waals surface area (Å²) in [5.74, 6) is -1.25. The van der Waals surface area contributed by atoms with Gasteiger partial charge < -0.3 is 5.32 Å². The van der Waals surface area contributed by atoms with Gasteiger partial charge in [-0.15, -0.1) is 0 Å². The van der Waals surface area contributed by atoms with Crippen LogP contribution in [0.1, 0.15) is 0 Å². The molecule has 76 valence electrons. The molecule has 2 rings (SSSR count). The summed E-state index contributed by atoms with van der Waals surface area (Å²) >= 11 is 0. The molecule has 0 spiro atoms. The molecule has 1 aromatic carbocycles. The Morgan fingerprint density at radius 1 is 1.00 bits per heavy atom. The fourth-order valence-electron chi connectivity index (χ4n) is 1.20. The third-order valence-electron chi connectivity index (χ3n) is 1.89. The van der Waals surface area contributed by atoms with E-state index < -0.39 is 11.6 Å². The normalized spacial score (nSPS) is 10.0. The number of rotatable bonds is 2. The molecule has 0 radical (unpaired) electrons. The van der Waals surface area contributed by atoms with E-state index >= 15 is 0 Å². The van der Waals surface area contributed by atoms with Gasteiger partial charge in [0.15, 0.2) is 0 Å². The number of nitrogens with one attached hydrogen (secondary N) is 1. The Kier molecular flexibility index (Phi) is 2.58. The highest BCUT2D eigenvalue weighted by atomic mass is 19.1. The van der Waals surface area contributed by atoms with Gasteiger partial charge in [-0.1, -0.05) is 6.07 Å². The summed E-state index contributed by atoms with van der Waals surface area (Å²) in [6.07, 6.45) is 3.08. The average Bonchev–Trinajstić information content (AvgIpc) is 2.25. The fraction of sp³-hybridized carbons (Fsp3) is 0. The Bertz CT molecular complexity index is 437. The number of nitrogens with zero attached hydrogens (tertiary/aromatic N) is 1. The predicted molar refractivity (Wildman–Crippen MR) is 53.9 cm³/mol. The topological polar surface area (TPSA) is 24.9 Å². The largest absolute Gasteiger partial charge is 0.349 e. The first-order chi connectivity index (χ1) is 7.27. The second kappa shape index (κ2) is 4.04. The molecule has 4 heteroatoms. The lowest BCUT2D eigenvalue weighted by Crippen LogP contribution is -1.97. The third kappa shape index (κ3) is 2.10. The van der Waals surface area contributed by atoms with E-state index in [1.54, 1.807) is 18.3 Å². The molecule has 0 amide bonds. The first kappa shape index (κ1) is 9.58. The SMILES string of the molecule is Fc1cccc(F)c1Nc1cccnc1. The summed E-state index contributed by atoms with van der Waals surface area (Å²) in [7, 11) is 0. The molecule has 2 aromatic rings. The lowest BCUT2D eigenvalue weighted by molar-refractivity contribution is 0.591. The summed E-state index contributed by atoms with van der Waals surface area (Å²) < 4.78 is 26.4. The van der Waals surface area contributed by atoms with Crippen molar-refractivity contribution in [2.75, 3.05) is 5.32 Å². The number of hydrogen-bond donors (Lipinski definition) is 1. The Hall–Kier alpha value is -1.97. The molecule has 0 bridgehead atoms. The average molecular weight is 206 g/mol. The Morgan fingerprint density at radius 2 is 1.73 bits per heavy atom. The van der Waals surface area contributed by atoms with Gasteiger partial charge >= 0.3 is 0 Å². The zero-order valence-electron chi connectivity index (χ0n) is 7.74. The van der Waals surface area contributed by atoms with Crippen LogP contribution in [0.2, 0.25) is 0 Å². The van der Waals surface area contributed by atoms with E-state index in [1.165, 1.54) is 24.4 Å². The molecule has 15 heavy (non-hydrogen) atoms. The molecule has 0 saturated carbocycles. The first-order valence-electron chi connectivity index (χ1n) is 4.38. The number of benzene rings is 1. The molecule has 0 aliphatic heterocycles. The van der Waals surface area contributed by atoms with Crippen LogP contribution in [0, 0.1) is 11.6 Å². The molecule has 0 atom stereocenters. The lowest BCUT2D eigenvalue weighted by Gasteiger charge is -2.07. The number of halogens is 2. The first-order valence-corrected chi connectivity index (χ1v) is 4.38. The summed E-state index contributed by atoms with van der Waals surface area (Å²) in [5, 5.41) is 2.63. The van der Waals surface area contributed by atoms with Crippen LogP contribution >= 0.6 is 0 Å². The van der Waals surface area contributed by atoms with Crippen molar-refractivity contribution in [1.29, 1.82) is 0 Å². The Morgan fingerprint density at radius 3 is 2.33 bits per heavy atom. The minimum atomic E-state index is -0.626. The molecular weight excluding hydrogens is 198 g/mol. The van der Waals surface area contributed by atoms with Gasteiger partial charge in [-0.2, -0.15) is 0 Å². The van der Waals surface area contributed by atoms with Gasteiger partial charge in [0.05, 0.1) is 11.9 Å². The van der Waals surface area contributed by atoms with Gasteiger partial charge in [-0.05, 0) is 24.3 Å². The quantitative estimate of drug-likeness (QED) is 0.816. The highest BCUT2D eigenvalue weighted by Gasteiger charge is 2.07. The summed E-state index contributed by atoms with van der Waals surface area (Å²) in [5.41, 5.74) is 0.381. The number of hydrogen-bond acceptors (Lipinski definition) is 2. The van der Waals surface area contributed by atoms with E-state index in [4.69, 9.17) is 0 Å². The van der Waals surface area contributed by atoms with Crippen molar-refractivity contribution >= 4 is 11.4 Å². The van der Waals surface area contributed by atoms with E-state index in [0.29, 0.717) is 5.69 Å². The lowest BCUT2D eigenvalue weighted by atomic mass is 10.3. The van der Waals surface area contributed by atoms with Crippen LogP contribution in [0.25, 0.3) is 0 Å². The molecule has 0 aliphatic rings. The molecule has 1 N–H and O–H groups in total. The molecular formula is C11H8F2N2. The van der Waals surface area contributed by atoms with Crippen molar-refractivity contribution in [2.45, 2.75) is 0 Å². The molecule has 0 fully saturated rings. The van der Waals surface area contributed by atoms with Crippen LogP contribution < -0.4 is 5.32 Å². The molecule has 1 heterocycles. The number of pyridine rings is 1. The maximum absolute atomic E-state index is 13.2. The zero-order chi connectivity index (χ0) is 10.7. The van der Waals surface area contributed by atoms with Crippen molar-refractivity contribution in [2.24, 2.45) is 0 Å². The van der Waals surface area contributed by atoms with Gasteiger partial charge in [-0.3, -0.25) is 4.98 Å². The van der Waals surface area contributed by atoms with Gasteiger partial charge in [-0.25, -0.2) is 8.78 Å². The summed E-state index contributed by atoms with van der Waals surface area (Å²) in [4.78, 5) is 3.83. The van der Waals surface area contributed by atoms with E-state index in [1.807, 2.05) is 0 Å². The van der Waals surface area contributed by atoms with E-state index in [2.05, 4.69) is 10.3 Å².